The van der Waals surface area contributed by atoms with Crippen LogP contribution in [0, 0.1) is 13.8 Å². The molecular formula is C12H18N6O. The van der Waals surface area contributed by atoms with Crippen molar-refractivity contribution in [1.82, 2.24) is 20.1 Å². The van der Waals surface area contributed by atoms with Crippen molar-refractivity contribution in [3.63, 3.8) is 0 Å². The number of nitrogens with zero attached hydrogens (tertiary/aromatic N) is 4. The number of aromatic nitrogens is 4. The van der Waals surface area contributed by atoms with Crippen LogP contribution >= 0.6 is 0 Å². The molecule has 2 rings (SSSR count). The average Bonchev–Trinajstić information content (AvgIpc) is 2.75. The van der Waals surface area contributed by atoms with Gasteiger partial charge in [-0.25, -0.2) is 4.98 Å². The van der Waals surface area contributed by atoms with Gasteiger partial charge in [-0.2, -0.15) is 9.97 Å². The maximum Gasteiger partial charge on any atom is 0.224 e. The van der Waals surface area contributed by atoms with Crippen LogP contribution in [0.4, 0.5) is 11.8 Å². The van der Waals surface area contributed by atoms with Gasteiger partial charge in [0.2, 0.25) is 11.8 Å². The number of aryl methyl sites for hydroxylation is 2. The van der Waals surface area contributed by atoms with Gasteiger partial charge in [-0.05, 0) is 13.8 Å². The van der Waals surface area contributed by atoms with E-state index in [9.17, 15) is 0 Å². The first-order valence-corrected chi connectivity index (χ1v) is 6.30. The zero-order chi connectivity index (χ0) is 13.7. The Bertz CT molecular complexity index is 539. The minimum absolute atomic E-state index is 0.585. The standard InChI is InChI=1S/C12H18N6O/c1-4-13-12-15-8(2)7-11(17-12)14-6-5-10-16-9(3)19-18-10/h7H,4-6H2,1-3H3,(H2,13,14,15,17). The third-order valence-electron chi connectivity index (χ3n) is 2.41. The van der Waals surface area contributed by atoms with Gasteiger partial charge in [-0.3, -0.25) is 0 Å². The first-order valence-electron chi connectivity index (χ1n) is 6.30. The second kappa shape index (κ2) is 6.12. The normalized spacial score (nSPS) is 10.5. The van der Waals surface area contributed by atoms with Crippen LogP contribution in [-0.4, -0.2) is 33.2 Å². The molecule has 102 valence electrons. The number of nitrogens with one attached hydrogen (secondary N) is 2. The SMILES string of the molecule is CCNc1nc(C)cc(NCCc2noc(C)n2)n1. The fourth-order valence-electron chi connectivity index (χ4n) is 1.64. The van der Waals surface area contributed by atoms with Gasteiger partial charge in [0.15, 0.2) is 5.82 Å². The second-order valence-electron chi connectivity index (χ2n) is 4.15. The summed E-state index contributed by atoms with van der Waals surface area (Å²) >= 11 is 0. The summed E-state index contributed by atoms with van der Waals surface area (Å²) in [7, 11) is 0. The Balaban J connectivity index is 1.91. The molecule has 0 unspecified atom stereocenters. The number of rotatable bonds is 6. The molecule has 0 atom stereocenters. The molecule has 0 aliphatic heterocycles. The van der Waals surface area contributed by atoms with E-state index < -0.39 is 0 Å². The number of anilines is 2. The Hall–Kier alpha value is -2.18. The van der Waals surface area contributed by atoms with Gasteiger partial charge in [0.05, 0.1) is 0 Å². The van der Waals surface area contributed by atoms with Crippen molar-refractivity contribution in [2.75, 3.05) is 23.7 Å². The Kier molecular flexibility index (Phi) is 4.27. The summed E-state index contributed by atoms with van der Waals surface area (Å²) in [4.78, 5) is 12.8. The third-order valence-corrected chi connectivity index (χ3v) is 2.41. The molecule has 2 aromatic rings. The molecular weight excluding hydrogens is 244 g/mol. The third kappa shape index (κ3) is 3.90. The highest BCUT2D eigenvalue weighted by Crippen LogP contribution is 2.09. The molecule has 0 aliphatic carbocycles. The topological polar surface area (TPSA) is 88.8 Å². The average molecular weight is 262 g/mol. The molecule has 7 heteroatoms. The monoisotopic (exact) mass is 262 g/mol. The lowest BCUT2D eigenvalue weighted by Gasteiger charge is -2.08. The van der Waals surface area contributed by atoms with Gasteiger partial charge in [0, 0.05) is 38.2 Å². The van der Waals surface area contributed by atoms with E-state index >= 15 is 0 Å². The molecule has 7 nitrogen and oxygen atoms in total. The zero-order valence-electron chi connectivity index (χ0n) is 11.4. The Labute approximate surface area is 111 Å². The van der Waals surface area contributed by atoms with E-state index in [0.717, 1.165) is 18.1 Å². The first-order chi connectivity index (χ1) is 9.17. The van der Waals surface area contributed by atoms with Crippen molar-refractivity contribution in [1.29, 1.82) is 0 Å². The van der Waals surface area contributed by atoms with Gasteiger partial charge in [-0.15, -0.1) is 0 Å². The van der Waals surface area contributed by atoms with Crippen molar-refractivity contribution in [3.05, 3.63) is 23.5 Å². The highest BCUT2D eigenvalue weighted by Gasteiger charge is 2.04. The lowest BCUT2D eigenvalue weighted by Crippen LogP contribution is -2.10. The molecule has 2 aromatic heterocycles. The molecule has 0 bridgehead atoms. The number of hydrogen-bond donors (Lipinski definition) is 2. The second-order valence-corrected chi connectivity index (χ2v) is 4.15. The van der Waals surface area contributed by atoms with Gasteiger partial charge in [0.1, 0.15) is 5.82 Å². The van der Waals surface area contributed by atoms with E-state index in [2.05, 4.69) is 30.7 Å². The molecule has 19 heavy (non-hydrogen) atoms. The van der Waals surface area contributed by atoms with Crippen molar-refractivity contribution < 1.29 is 4.52 Å². The summed E-state index contributed by atoms with van der Waals surface area (Å²) in [6.07, 6.45) is 0.691. The van der Waals surface area contributed by atoms with Gasteiger partial charge < -0.3 is 15.2 Å². The molecule has 0 saturated carbocycles. The minimum Gasteiger partial charge on any atom is -0.369 e. The first kappa shape index (κ1) is 13.3. The van der Waals surface area contributed by atoms with E-state index in [-0.39, 0.29) is 0 Å². The fourth-order valence-corrected chi connectivity index (χ4v) is 1.64. The van der Waals surface area contributed by atoms with Crippen LogP contribution in [0.3, 0.4) is 0 Å². The van der Waals surface area contributed by atoms with Crippen LogP contribution in [0.1, 0.15) is 24.3 Å². The van der Waals surface area contributed by atoms with Gasteiger partial charge >= 0.3 is 0 Å². The fraction of sp³-hybridized carbons (Fsp3) is 0.500. The maximum absolute atomic E-state index is 4.91. The van der Waals surface area contributed by atoms with E-state index in [4.69, 9.17) is 4.52 Å². The molecule has 0 spiro atoms. The maximum atomic E-state index is 4.91. The highest BCUT2D eigenvalue weighted by molar-refractivity contribution is 5.42. The Morgan fingerprint density at radius 3 is 2.68 bits per heavy atom. The van der Waals surface area contributed by atoms with Crippen LogP contribution in [0.2, 0.25) is 0 Å². The van der Waals surface area contributed by atoms with Gasteiger partial charge in [-0.1, -0.05) is 5.16 Å². The van der Waals surface area contributed by atoms with Crippen molar-refractivity contribution >= 4 is 11.8 Å². The van der Waals surface area contributed by atoms with Crippen molar-refractivity contribution in [2.45, 2.75) is 27.2 Å². The predicted molar refractivity (Wildman–Crippen MR) is 72.2 cm³/mol. The molecule has 0 aromatic carbocycles. The van der Waals surface area contributed by atoms with Crippen molar-refractivity contribution in [2.24, 2.45) is 0 Å². The molecule has 0 radical (unpaired) electrons. The summed E-state index contributed by atoms with van der Waals surface area (Å²) in [5, 5.41) is 10.2. The highest BCUT2D eigenvalue weighted by atomic mass is 16.5. The summed E-state index contributed by atoms with van der Waals surface area (Å²) < 4.78 is 4.91. The molecule has 2 heterocycles. The van der Waals surface area contributed by atoms with E-state index in [1.807, 2.05) is 19.9 Å². The molecule has 0 fully saturated rings. The van der Waals surface area contributed by atoms with Crippen molar-refractivity contribution in [3.8, 4) is 0 Å². The lowest BCUT2D eigenvalue weighted by molar-refractivity contribution is 0.387. The minimum atomic E-state index is 0.585. The Morgan fingerprint density at radius 2 is 2.00 bits per heavy atom. The summed E-state index contributed by atoms with van der Waals surface area (Å²) in [5.74, 6) is 2.72. The Morgan fingerprint density at radius 1 is 1.16 bits per heavy atom. The van der Waals surface area contributed by atoms with Gasteiger partial charge in [0.25, 0.3) is 0 Å². The van der Waals surface area contributed by atoms with Crippen LogP contribution in [0.5, 0.6) is 0 Å². The molecule has 0 saturated heterocycles. The summed E-state index contributed by atoms with van der Waals surface area (Å²) in [5.41, 5.74) is 0.920. The van der Waals surface area contributed by atoms with E-state index in [1.54, 1.807) is 6.92 Å². The summed E-state index contributed by atoms with van der Waals surface area (Å²) in [6, 6.07) is 1.91. The number of hydrogen-bond acceptors (Lipinski definition) is 7. The quantitative estimate of drug-likeness (QED) is 0.816. The predicted octanol–water partition coefficient (Wildman–Crippen LogP) is 1.56. The summed E-state index contributed by atoms with van der Waals surface area (Å²) in [6.45, 7) is 7.22. The van der Waals surface area contributed by atoms with Crippen LogP contribution in [-0.2, 0) is 6.42 Å². The van der Waals surface area contributed by atoms with E-state index in [0.29, 0.717) is 30.6 Å². The van der Waals surface area contributed by atoms with Crippen LogP contribution in [0.15, 0.2) is 10.6 Å². The largest absolute Gasteiger partial charge is 0.369 e. The zero-order valence-corrected chi connectivity index (χ0v) is 11.4. The smallest absolute Gasteiger partial charge is 0.224 e. The molecule has 2 N–H and O–H groups in total. The van der Waals surface area contributed by atoms with Crippen LogP contribution < -0.4 is 10.6 Å². The molecule has 0 amide bonds. The van der Waals surface area contributed by atoms with Crippen LogP contribution in [0.25, 0.3) is 0 Å². The lowest BCUT2D eigenvalue weighted by atomic mass is 10.4. The molecule has 0 aliphatic rings. The van der Waals surface area contributed by atoms with E-state index in [1.165, 1.54) is 0 Å².